The number of aryl methyl sites for hydroxylation is 3. The van der Waals surface area contributed by atoms with Gasteiger partial charge in [-0.1, -0.05) is 18.7 Å². The number of nitrogens with one attached hydrogen (secondary N) is 1. The van der Waals surface area contributed by atoms with Crippen LogP contribution in [0.2, 0.25) is 0 Å². The fraction of sp³-hybridized carbons (Fsp3) is 0.316. The maximum atomic E-state index is 5.24. The number of benzene rings is 1. The van der Waals surface area contributed by atoms with Crippen molar-refractivity contribution in [1.82, 2.24) is 10.3 Å². The lowest BCUT2D eigenvalue weighted by atomic mass is 9.94. The van der Waals surface area contributed by atoms with Crippen LogP contribution in [0.25, 0.3) is 11.1 Å². The molecule has 1 heterocycles. The third-order valence-electron chi connectivity index (χ3n) is 3.70. The molecule has 1 aromatic heterocycles. The van der Waals surface area contributed by atoms with Gasteiger partial charge in [-0.15, -0.1) is 0 Å². The van der Waals surface area contributed by atoms with Crippen molar-refractivity contribution in [3.8, 4) is 17.0 Å². The van der Waals surface area contributed by atoms with Gasteiger partial charge in [-0.3, -0.25) is 0 Å². The fourth-order valence-electron chi connectivity index (χ4n) is 2.78. The highest BCUT2D eigenvalue weighted by molar-refractivity contribution is 5.71. The summed E-state index contributed by atoms with van der Waals surface area (Å²) in [6.45, 7) is 13.0. The maximum absolute atomic E-state index is 5.24. The van der Waals surface area contributed by atoms with Crippen molar-refractivity contribution < 1.29 is 4.74 Å². The molecule has 116 valence electrons. The number of aromatic nitrogens is 1. The summed E-state index contributed by atoms with van der Waals surface area (Å²) >= 11 is 0. The topological polar surface area (TPSA) is 34.2 Å². The Bertz CT molecular complexity index is 682. The van der Waals surface area contributed by atoms with E-state index >= 15 is 0 Å². The van der Waals surface area contributed by atoms with Crippen LogP contribution in [0.3, 0.4) is 0 Å². The zero-order chi connectivity index (χ0) is 16.3. The third kappa shape index (κ3) is 3.48. The molecule has 0 saturated heterocycles. The summed E-state index contributed by atoms with van der Waals surface area (Å²) in [5.41, 5.74) is 8.18. The fourth-order valence-corrected chi connectivity index (χ4v) is 2.78. The second-order valence-corrected chi connectivity index (χ2v) is 5.79. The summed E-state index contributed by atoms with van der Waals surface area (Å²) in [6, 6.07) is 6.57. The predicted molar refractivity (Wildman–Crippen MR) is 92.1 cm³/mol. The Morgan fingerprint density at radius 3 is 2.27 bits per heavy atom. The molecule has 1 N–H and O–H groups in total. The Morgan fingerprint density at radius 2 is 1.77 bits per heavy atom. The van der Waals surface area contributed by atoms with Crippen LogP contribution in [0.1, 0.15) is 29.2 Å². The molecule has 0 amide bonds. The van der Waals surface area contributed by atoms with Crippen LogP contribution in [-0.2, 0) is 6.54 Å². The first-order chi connectivity index (χ1) is 10.4. The van der Waals surface area contributed by atoms with Gasteiger partial charge in [-0.05, 0) is 56.0 Å². The Morgan fingerprint density at radius 1 is 1.14 bits per heavy atom. The van der Waals surface area contributed by atoms with E-state index in [0.717, 1.165) is 23.4 Å². The molecule has 22 heavy (non-hydrogen) atoms. The summed E-state index contributed by atoms with van der Waals surface area (Å²) in [5.74, 6) is 0.682. The van der Waals surface area contributed by atoms with Crippen LogP contribution >= 0.6 is 0 Å². The van der Waals surface area contributed by atoms with Crippen molar-refractivity contribution in [3.05, 3.63) is 58.9 Å². The van der Waals surface area contributed by atoms with Crippen LogP contribution in [-0.4, -0.2) is 12.1 Å². The van der Waals surface area contributed by atoms with Crippen molar-refractivity contribution >= 4 is 0 Å². The molecule has 0 saturated carbocycles. The lowest BCUT2D eigenvalue weighted by Crippen LogP contribution is -2.09. The standard InChI is InChI=1S/C19H24N2O/c1-12(2)20-10-16-7-13(3)18(14(4)8-16)17-9-15(5)19(22-6)21-11-17/h7-9,11,20H,1,10H2,2-6H3. The summed E-state index contributed by atoms with van der Waals surface area (Å²) < 4.78 is 5.24. The van der Waals surface area contributed by atoms with Crippen molar-refractivity contribution in [2.24, 2.45) is 0 Å². The zero-order valence-electron chi connectivity index (χ0n) is 14.1. The van der Waals surface area contributed by atoms with E-state index in [1.165, 1.54) is 22.3 Å². The first-order valence-corrected chi connectivity index (χ1v) is 7.43. The molecule has 0 unspecified atom stereocenters. The molecule has 0 fully saturated rings. The van der Waals surface area contributed by atoms with Crippen LogP contribution in [0.15, 0.2) is 36.7 Å². The van der Waals surface area contributed by atoms with E-state index in [4.69, 9.17) is 4.74 Å². The van der Waals surface area contributed by atoms with E-state index in [1.807, 2.05) is 20.0 Å². The molecule has 2 rings (SSSR count). The Labute approximate surface area is 133 Å². The zero-order valence-corrected chi connectivity index (χ0v) is 14.1. The Kier molecular flexibility index (Phi) is 4.86. The smallest absolute Gasteiger partial charge is 0.215 e. The quantitative estimate of drug-likeness (QED) is 0.893. The van der Waals surface area contributed by atoms with Gasteiger partial charge in [-0.25, -0.2) is 4.98 Å². The first kappa shape index (κ1) is 16.1. The van der Waals surface area contributed by atoms with E-state index in [1.54, 1.807) is 7.11 Å². The molecule has 0 aliphatic carbocycles. The van der Waals surface area contributed by atoms with Gasteiger partial charge >= 0.3 is 0 Å². The normalized spacial score (nSPS) is 10.4. The number of allylic oxidation sites excluding steroid dienone is 1. The molecule has 3 nitrogen and oxygen atoms in total. The van der Waals surface area contributed by atoms with Crippen molar-refractivity contribution in [2.75, 3.05) is 7.11 Å². The van der Waals surface area contributed by atoms with Gasteiger partial charge < -0.3 is 10.1 Å². The Balaban J connectivity index is 2.39. The van der Waals surface area contributed by atoms with Crippen LogP contribution < -0.4 is 10.1 Å². The maximum Gasteiger partial charge on any atom is 0.215 e. The largest absolute Gasteiger partial charge is 0.481 e. The molecular formula is C19H24N2O. The second kappa shape index (κ2) is 6.65. The predicted octanol–water partition coefficient (Wildman–Crippen LogP) is 4.31. The molecule has 0 aliphatic heterocycles. The van der Waals surface area contributed by atoms with Crippen molar-refractivity contribution in [3.63, 3.8) is 0 Å². The number of methoxy groups -OCH3 is 1. The Hall–Kier alpha value is -2.29. The highest BCUT2D eigenvalue weighted by Crippen LogP contribution is 2.30. The molecule has 1 aromatic carbocycles. The summed E-state index contributed by atoms with van der Waals surface area (Å²) in [7, 11) is 1.65. The molecule has 2 aromatic rings. The van der Waals surface area contributed by atoms with Crippen LogP contribution in [0, 0.1) is 20.8 Å². The molecule has 3 heteroatoms. The number of rotatable bonds is 5. The summed E-state index contributed by atoms with van der Waals surface area (Å²) in [6.07, 6.45) is 1.88. The van der Waals surface area contributed by atoms with E-state index in [-0.39, 0.29) is 0 Å². The van der Waals surface area contributed by atoms with Crippen LogP contribution in [0.5, 0.6) is 5.88 Å². The molecule has 0 atom stereocenters. The monoisotopic (exact) mass is 296 g/mol. The summed E-state index contributed by atoms with van der Waals surface area (Å²) in [5, 5.41) is 3.28. The number of hydrogen-bond acceptors (Lipinski definition) is 3. The SMILES string of the molecule is C=C(C)NCc1cc(C)c(-c2cnc(OC)c(C)c2)c(C)c1. The third-order valence-corrected chi connectivity index (χ3v) is 3.70. The second-order valence-electron chi connectivity index (χ2n) is 5.79. The van der Waals surface area contributed by atoms with Gasteiger partial charge in [0.05, 0.1) is 7.11 Å². The van der Waals surface area contributed by atoms with Gasteiger partial charge in [0.1, 0.15) is 0 Å². The van der Waals surface area contributed by atoms with E-state index in [0.29, 0.717) is 5.88 Å². The number of hydrogen-bond donors (Lipinski definition) is 1. The minimum Gasteiger partial charge on any atom is -0.481 e. The number of pyridine rings is 1. The number of ether oxygens (including phenoxy) is 1. The lowest BCUT2D eigenvalue weighted by molar-refractivity contribution is 0.394. The summed E-state index contributed by atoms with van der Waals surface area (Å²) in [4.78, 5) is 4.39. The first-order valence-electron chi connectivity index (χ1n) is 7.43. The minimum absolute atomic E-state index is 0.682. The molecule has 0 spiro atoms. The van der Waals surface area contributed by atoms with Crippen LogP contribution in [0.4, 0.5) is 0 Å². The van der Waals surface area contributed by atoms with E-state index in [2.05, 4.69) is 48.9 Å². The lowest BCUT2D eigenvalue weighted by Gasteiger charge is -2.15. The average Bonchev–Trinajstić information content (AvgIpc) is 2.44. The minimum atomic E-state index is 0.682. The van der Waals surface area contributed by atoms with E-state index < -0.39 is 0 Å². The van der Waals surface area contributed by atoms with Gasteiger partial charge in [0.25, 0.3) is 0 Å². The molecular weight excluding hydrogens is 272 g/mol. The van der Waals surface area contributed by atoms with Gasteiger partial charge in [0.2, 0.25) is 5.88 Å². The van der Waals surface area contributed by atoms with Gasteiger partial charge in [0, 0.05) is 29.6 Å². The average molecular weight is 296 g/mol. The molecule has 0 aliphatic rings. The van der Waals surface area contributed by atoms with Crippen molar-refractivity contribution in [2.45, 2.75) is 34.2 Å². The molecule has 0 radical (unpaired) electrons. The highest BCUT2D eigenvalue weighted by atomic mass is 16.5. The highest BCUT2D eigenvalue weighted by Gasteiger charge is 2.10. The molecule has 0 bridgehead atoms. The van der Waals surface area contributed by atoms with Gasteiger partial charge in [-0.2, -0.15) is 0 Å². The van der Waals surface area contributed by atoms with Gasteiger partial charge in [0.15, 0.2) is 0 Å². The van der Waals surface area contributed by atoms with Crippen molar-refractivity contribution in [1.29, 1.82) is 0 Å². The van der Waals surface area contributed by atoms with E-state index in [9.17, 15) is 0 Å². The number of nitrogens with zero attached hydrogens (tertiary/aromatic N) is 1.